The average molecular weight is 562 g/mol. The van der Waals surface area contributed by atoms with E-state index in [2.05, 4.69) is 5.32 Å². The molecule has 0 aromatic heterocycles. The first-order valence-corrected chi connectivity index (χ1v) is 13.7. The van der Waals surface area contributed by atoms with Crippen LogP contribution in [-0.2, 0) is 32.3 Å². The largest absolute Gasteiger partial charge is 0.417 e. The van der Waals surface area contributed by atoms with Crippen molar-refractivity contribution in [2.24, 2.45) is 5.92 Å². The third-order valence-corrected chi connectivity index (χ3v) is 7.02. The Bertz CT molecular complexity index is 1220. The number of anilines is 1. The van der Waals surface area contributed by atoms with E-state index in [1.165, 1.54) is 11.8 Å². The number of hydrogen-bond donors (Lipinski definition) is 1. The van der Waals surface area contributed by atoms with Gasteiger partial charge in [0.2, 0.25) is 21.8 Å². The quantitative estimate of drug-likeness (QED) is 0.458. The molecule has 0 aliphatic heterocycles. The van der Waals surface area contributed by atoms with Crippen molar-refractivity contribution in [3.05, 3.63) is 64.2 Å². The molecule has 204 valence electrons. The van der Waals surface area contributed by atoms with Crippen molar-refractivity contribution in [2.75, 3.05) is 23.7 Å². The molecule has 37 heavy (non-hydrogen) atoms. The number of halogens is 4. The van der Waals surface area contributed by atoms with E-state index in [0.717, 1.165) is 24.0 Å². The lowest BCUT2D eigenvalue weighted by Gasteiger charge is -2.32. The van der Waals surface area contributed by atoms with E-state index < -0.39 is 51.2 Å². The van der Waals surface area contributed by atoms with Crippen LogP contribution >= 0.6 is 11.6 Å². The lowest BCUT2D eigenvalue weighted by molar-refractivity contribution is -0.139. The van der Waals surface area contributed by atoms with Gasteiger partial charge < -0.3 is 10.2 Å². The fraction of sp³-hybridized carbons (Fsp3) is 0.440. The van der Waals surface area contributed by atoms with Gasteiger partial charge in [-0.2, -0.15) is 13.2 Å². The van der Waals surface area contributed by atoms with Crippen molar-refractivity contribution in [3.8, 4) is 0 Å². The predicted molar refractivity (Wildman–Crippen MR) is 138 cm³/mol. The van der Waals surface area contributed by atoms with Gasteiger partial charge in [0, 0.05) is 13.1 Å². The molecule has 0 radical (unpaired) electrons. The van der Waals surface area contributed by atoms with Gasteiger partial charge in [0.05, 0.1) is 22.5 Å². The van der Waals surface area contributed by atoms with Crippen molar-refractivity contribution in [2.45, 2.75) is 46.5 Å². The lowest BCUT2D eigenvalue weighted by atomic mass is 10.1. The molecule has 1 atom stereocenters. The SMILES string of the molecule is Cc1ccc(CN(C(=O)CN(c2ccc(Cl)c(C(F)(F)F)c2)S(C)(=O)=O)[C@@H](C)C(=O)NCC(C)C)cc1. The Balaban J connectivity index is 2.45. The van der Waals surface area contributed by atoms with Crippen molar-refractivity contribution in [1.82, 2.24) is 10.2 Å². The minimum atomic E-state index is -4.83. The van der Waals surface area contributed by atoms with Crippen molar-refractivity contribution in [3.63, 3.8) is 0 Å². The molecule has 2 aromatic rings. The highest BCUT2D eigenvalue weighted by Crippen LogP contribution is 2.37. The Hall–Kier alpha value is -2.79. The summed E-state index contributed by atoms with van der Waals surface area (Å²) in [6.45, 7) is 6.76. The number of sulfonamides is 1. The minimum absolute atomic E-state index is 0.0125. The fourth-order valence-corrected chi connectivity index (χ4v) is 4.49. The maximum Gasteiger partial charge on any atom is 0.417 e. The van der Waals surface area contributed by atoms with Crippen LogP contribution in [0.3, 0.4) is 0 Å². The van der Waals surface area contributed by atoms with Crippen LogP contribution in [0.1, 0.15) is 37.5 Å². The predicted octanol–water partition coefficient (Wildman–Crippen LogP) is 4.62. The average Bonchev–Trinajstić information content (AvgIpc) is 2.79. The monoisotopic (exact) mass is 561 g/mol. The highest BCUT2D eigenvalue weighted by Gasteiger charge is 2.35. The summed E-state index contributed by atoms with van der Waals surface area (Å²) >= 11 is 5.68. The van der Waals surface area contributed by atoms with Gasteiger partial charge in [-0.1, -0.05) is 55.3 Å². The number of rotatable bonds is 10. The van der Waals surface area contributed by atoms with Crippen molar-refractivity contribution < 1.29 is 31.2 Å². The number of hydrogen-bond acceptors (Lipinski definition) is 4. The summed E-state index contributed by atoms with van der Waals surface area (Å²) in [6.07, 6.45) is -4.05. The van der Waals surface area contributed by atoms with Crippen LogP contribution in [0.2, 0.25) is 5.02 Å². The molecule has 12 heteroatoms. The number of alkyl halides is 3. The summed E-state index contributed by atoms with van der Waals surface area (Å²) in [7, 11) is -4.19. The first-order chi connectivity index (χ1) is 17.0. The number of benzene rings is 2. The van der Waals surface area contributed by atoms with E-state index in [-0.39, 0.29) is 18.2 Å². The summed E-state index contributed by atoms with van der Waals surface area (Å²) in [6, 6.07) is 8.83. The zero-order valence-electron chi connectivity index (χ0n) is 21.3. The number of aryl methyl sites for hydroxylation is 1. The standard InChI is InChI=1S/C25H31ClF3N3O4S/c1-16(2)13-30-24(34)18(4)31(14-19-8-6-17(3)7-9-19)23(33)15-32(37(5,35)36)20-10-11-22(26)21(12-20)25(27,28)29/h6-12,16,18H,13-15H2,1-5H3,(H,30,34)/t18-/m0/s1. The summed E-state index contributed by atoms with van der Waals surface area (Å²) in [5.41, 5.74) is 0.0699. The van der Waals surface area contributed by atoms with Crippen LogP contribution in [0.25, 0.3) is 0 Å². The lowest BCUT2D eigenvalue weighted by Crippen LogP contribution is -2.51. The Kier molecular flexibility index (Phi) is 10.0. The van der Waals surface area contributed by atoms with E-state index in [4.69, 9.17) is 11.6 Å². The van der Waals surface area contributed by atoms with Gasteiger partial charge in [-0.15, -0.1) is 0 Å². The summed E-state index contributed by atoms with van der Waals surface area (Å²) in [4.78, 5) is 27.5. The van der Waals surface area contributed by atoms with Crippen LogP contribution in [-0.4, -0.2) is 50.5 Å². The number of carbonyl (C=O) groups is 2. The molecule has 0 fully saturated rings. The minimum Gasteiger partial charge on any atom is -0.354 e. The van der Waals surface area contributed by atoms with E-state index in [9.17, 15) is 31.2 Å². The third-order valence-electron chi connectivity index (χ3n) is 5.55. The Morgan fingerprint density at radius 1 is 1.05 bits per heavy atom. The van der Waals surface area contributed by atoms with E-state index in [1.54, 1.807) is 12.1 Å². The molecule has 2 aromatic carbocycles. The smallest absolute Gasteiger partial charge is 0.354 e. The Morgan fingerprint density at radius 3 is 2.16 bits per heavy atom. The summed E-state index contributed by atoms with van der Waals surface area (Å²) in [5.74, 6) is -1.04. The maximum absolute atomic E-state index is 13.5. The molecular formula is C25H31ClF3N3O4S. The first-order valence-electron chi connectivity index (χ1n) is 11.5. The van der Waals surface area contributed by atoms with Gasteiger partial charge >= 0.3 is 6.18 Å². The molecule has 0 saturated heterocycles. The molecule has 0 aliphatic rings. The second-order valence-electron chi connectivity index (χ2n) is 9.25. The third kappa shape index (κ3) is 8.63. The van der Waals surface area contributed by atoms with Gasteiger partial charge in [0.1, 0.15) is 12.6 Å². The van der Waals surface area contributed by atoms with Crippen LogP contribution in [0, 0.1) is 12.8 Å². The van der Waals surface area contributed by atoms with Gasteiger partial charge in [-0.25, -0.2) is 8.42 Å². The molecular weight excluding hydrogens is 531 g/mol. The highest BCUT2D eigenvalue weighted by atomic mass is 35.5. The molecule has 0 spiro atoms. The highest BCUT2D eigenvalue weighted by molar-refractivity contribution is 7.92. The number of nitrogens with zero attached hydrogens (tertiary/aromatic N) is 2. The molecule has 0 heterocycles. The summed E-state index contributed by atoms with van der Waals surface area (Å²) in [5, 5.41) is 2.15. The molecule has 0 bridgehead atoms. The van der Waals surface area contributed by atoms with Crippen molar-refractivity contribution >= 4 is 39.1 Å². The second-order valence-corrected chi connectivity index (χ2v) is 11.6. The number of nitrogens with one attached hydrogen (secondary N) is 1. The van der Waals surface area contributed by atoms with Crippen LogP contribution in [0.5, 0.6) is 0 Å². The summed E-state index contributed by atoms with van der Waals surface area (Å²) < 4.78 is 65.9. The Morgan fingerprint density at radius 2 is 1.65 bits per heavy atom. The molecule has 0 saturated carbocycles. The van der Waals surface area contributed by atoms with Gasteiger partial charge in [-0.3, -0.25) is 13.9 Å². The zero-order chi connectivity index (χ0) is 28.1. The van der Waals surface area contributed by atoms with E-state index >= 15 is 0 Å². The second kappa shape index (κ2) is 12.2. The molecule has 1 N–H and O–H groups in total. The normalized spacial score (nSPS) is 12.8. The molecule has 2 amide bonds. The zero-order valence-corrected chi connectivity index (χ0v) is 22.8. The van der Waals surface area contributed by atoms with Gasteiger partial charge in [0.25, 0.3) is 0 Å². The van der Waals surface area contributed by atoms with Crippen LogP contribution in [0.4, 0.5) is 18.9 Å². The number of carbonyl (C=O) groups excluding carboxylic acids is 2. The van der Waals surface area contributed by atoms with Gasteiger partial charge in [-0.05, 0) is 43.5 Å². The van der Waals surface area contributed by atoms with Crippen molar-refractivity contribution in [1.29, 1.82) is 0 Å². The van der Waals surface area contributed by atoms with Crippen LogP contribution in [0.15, 0.2) is 42.5 Å². The van der Waals surface area contributed by atoms with E-state index in [1.807, 2.05) is 32.9 Å². The van der Waals surface area contributed by atoms with Gasteiger partial charge in [0.15, 0.2) is 0 Å². The fourth-order valence-electron chi connectivity index (χ4n) is 3.42. The first kappa shape index (κ1) is 30.4. The van der Waals surface area contributed by atoms with E-state index in [0.29, 0.717) is 22.5 Å². The number of amides is 2. The molecule has 0 aliphatic carbocycles. The van der Waals surface area contributed by atoms with Crippen LogP contribution < -0.4 is 9.62 Å². The molecule has 7 nitrogen and oxygen atoms in total. The topological polar surface area (TPSA) is 86.8 Å². The molecule has 2 rings (SSSR count). The Labute approximate surface area is 220 Å². The molecule has 0 unspecified atom stereocenters. The maximum atomic E-state index is 13.5.